The van der Waals surface area contributed by atoms with Crippen LogP contribution in [0.5, 0.6) is 0 Å². The molecule has 1 heterocycles. The van der Waals surface area contributed by atoms with Crippen molar-refractivity contribution < 1.29 is 0 Å². The highest BCUT2D eigenvalue weighted by molar-refractivity contribution is 7.12. The highest BCUT2D eigenvalue weighted by Gasteiger charge is 1.98. The largest absolute Gasteiger partial charge is 0.141 e. The van der Waals surface area contributed by atoms with Crippen molar-refractivity contribution in [3.63, 3.8) is 0 Å². The molecule has 0 radical (unpaired) electrons. The van der Waals surface area contributed by atoms with Crippen molar-refractivity contribution in [3.05, 3.63) is 28.5 Å². The summed E-state index contributed by atoms with van der Waals surface area (Å²) >= 11 is 1.89. The minimum atomic E-state index is 1.26. The maximum Gasteiger partial charge on any atom is 0.0267 e. The van der Waals surface area contributed by atoms with E-state index in [9.17, 15) is 0 Å². The molecule has 0 fully saturated rings. The molecule has 0 aliphatic heterocycles. The number of hydrogen-bond acceptors (Lipinski definition) is 1. The molecule has 0 nitrogen and oxygen atoms in total. The van der Waals surface area contributed by atoms with Crippen molar-refractivity contribution >= 4 is 17.4 Å². The fourth-order valence-corrected chi connectivity index (χ4v) is 3.33. The molecular weight excluding hydrogens is 248 g/mol. The number of thiophene rings is 1. The number of aryl methyl sites for hydroxylation is 1. The summed E-state index contributed by atoms with van der Waals surface area (Å²) in [6.07, 6.45) is 17.4. The summed E-state index contributed by atoms with van der Waals surface area (Å²) in [5, 5.41) is 0. The van der Waals surface area contributed by atoms with Gasteiger partial charge in [0.2, 0.25) is 0 Å². The van der Waals surface area contributed by atoms with Gasteiger partial charge >= 0.3 is 0 Å². The lowest BCUT2D eigenvalue weighted by Gasteiger charge is -2.01. The van der Waals surface area contributed by atoms with E-state index in [0.29, 0.717) is 0 Å². The van der Waals surface area contributed by atoms with E-state index in [1.54, 1.807) is 0 Å². The summed E-state index contributed by atoms with van der Waals surface area (Å²) < 4.78 is 0. The molecule has 0 saturated heterocycles. The number of unbranched alkanes of at least 4 members (excludes halogenated alkanes) is 9. The van der Waals surface area contributed by atoms with Gasteiger partial charge in [-0.3, -0.25) is 0 Å². The van der Waals surface area contributed by atoms with Gasteiger partial charge in [-0.2, -0.15) is 0 Å². The second kappa shape index (κ2) is 11.3. The van der Waals surface area contributed by atoms with Crippen molar-refractivity contribution in [2.24, 2.45) is 0 Å². The molecule has 0 amide bonds. The molecule has 0 aliphatic rings. The van der Waals surface area contributed by atoms with Crippen molar-refractivity contribution in [2.75, 3.05) is 0 Å². The van der Waals surface area contributed by atoms with Gasteiger partial charge in [-0.15, -0.1) is 11.3 Å². The van der Waals surface area contributed by atoms with Gasteiger partial charge in [-0.05, 0) is 25.0 Å². The third-order valence-electron chi connectivity index (χ3n) is 3.66. The van der Waals surface area contributed by atoms with Crippen molar-refractivity contribution in [1.29, 1.82) is 0 Å². The summed E-state index contributed by atoms with van der Waals surface area (Å²) in [6, 6.07) is 4.44. The summed E-state index contributed by atoms with van der Waals surface area (Å²) in [5.74, 6) is 0. The summed E-state index contributed by atoms with van der Waals surface area (Å²) in [6.45, 7) is 6.09. The maximum absolute atomic E-state index is 3.81. The Morgan fingerprint density at radius 3 is 2.00 bits per heavy atom. The average Bonchev–Trinajstić information content (AvgIpc) is 2.89. The number of hydrogen-bond donors (Lipinski definition) is 0. The van der Waals surface area contributed by atoms with Gasteiger partial charge in [0.25, 0.3) is 0 Å². The molecule has 0 bridgehead atoms. The Morgan fingerprint density at radius 2 is 1.47 bits per heavy atom. The highest BCUT2D eigenvalue weighted by atomic mass is 32.1. The smallest absolute Gasteiger partial charge is 0.0267 e. The lowest BCUT2D eigenvalue weighted by molar-refractivity contribution is 0.557. The predicted octanol–water partition coefficient (Wildman–Crippen LogP) is 6.85. The predicted molar refractivity (Wildman–Crippen MR) is 90.0 cm³/mol. The average molecular weight is 279 g/mol. The fraction of sp³-hybridized carbons (Fsp3) is 0.667. The Balaban J connectivity index is 1.87. The van der Waals surface area contributed by atoms with Crippen LogP contribution in [0.1, 0.15) is 80.9 Å². The normalized spacial score (nSPS) is 10.8. The molecule has 0 aromatic carbocycles. The van der Waals surface area contributed by atoms with Crippen LogP contribution in [0, 0.1) is 0 Å². The quantitative estimate of drug-likeness (QED) is 0.366. The van der Waals surface area contributed by atoms with Crippen LogP contribution < -0.4 is 0 Å². The molecule has 19 heavy (non-hydrogen) atoms. The van der Waals surface area contributed by atoms with Gasteiger partial charge in [0.15, 0.2) is 0 Å². The van der Waals surface area contributed by atoms with Gasteiger partial charge in [0.05, 0.1) is 0 Å². The zero-order valence-corrected chi connectivity index (χ0v) is 13.4. The van der Waals surface area contributed by atoms with E-state index in [2.05, 4.69) is 25.6 Å². The maximum atomic E-state index is 3.81. The first kappa shape index (κ1) is 16.5. The van der Waals surface area contributed by atoms with E-state index in [1.807, 2.05) is 17.4 Å². The SMILES string of the molecule is C=Cc1ccc(CCCCCCCCCCCC)s1. The van der Waals surface area contributed by atoms with Crippen LogP contribution in [-0.4, -0.2) is 0 Å². The topological polar surface area (TPSA) is 0 Å². The Bertz CT molecular complexity index is 324. The summed E-state index contributed by atoms with van der Waals surface area (Å²) in [4.78, 5) is 2.83. The first-order valence-electron chi connectivity index (χ1n) is 8.08. The summed E-state index contributed by atoms with van der Waals surface area (Å²) in [7, 11) is 0. The molecule has 1 rings (SSSR count). The first-order chi connectivity index (χ1) is 9.36. The van der Waals surface area contributed by atoms with Gasteiger partial charge in [-0.1, -0.05) is 77.4 Å². The van der Waals surface area contributed by atoms with Crippen molar-refractivity contribution in [2.45, 2.75) is 77.6 Å². The Labute approximate surface area is 123 Å². The molecule has 1 aromatic rings. The molecule has 0 spiro atoms. The minimum Gasteiger partial charge on any atom is -0.141 e. The van der Waals surface area contributed by atoms with E-state index in [-0.39, 0.29) is 0 Å². The molecule has 0 aliphatic carbocycles. The van der Waals surface area contributed by atoms with E-state index in [0.717, 1.165) is 0 Å². The van der Waals surface area contributed by atoms with Gasteiger partial charge in [0.1, 0.15) is 0 Å². The first-order valence-corrected chi connectivity index (χ1v) is 8.89. The van der Waals surface area contributed by atoms with Crippen LogP contribution >= 0.6 is 11.3 Å². The van der Waals surface area contributed by atoms with Gasteiger partial charge in [0, 0.05) is 9.75 Å². The fourth-order valence-electron chi connectivity index (χ4n) is 2.43. The third kappa shape index (κ3) is 8.26. The minimum absolute atomic E-state index is 1.26. The van der Waals surface area contributed by atoms with E-state index >= 15 is 0 Å². The lowest BCUT2D eigenvalue weighted by atomic mass is 10.1. The van der Waals surface area contributed by atoms with Crippen LogP contribution in [0.15, 0.2) is 18.7 Å². The lowest BCUT2D eigenvalue weighted by Crippen LogP contribution is -1.84. The molecule has 0 N–H and O–H groups in total. The monoisotopic (exact) mass is 278 g/mol. The molecule has 1 aromatic heterocycles. The van der Waals surface area contributed by atoms with E-state index < -0.39 is 0 Å². The van der Waals surface area contributed by atoms with E-state index in [1.165, 1.54) is 80.4 Å². The second-order valence-corrected chi connectivity index (χ2v) is 6.64. The molecular formula is C18H30S. The van der Waals surface area contributed by atoms with Crippen LogP contribution in [-0.2, 0) is 6.42 Å². The Kier molecular flexibility index (Phi) is 9.79. The van der Waals surface area contributed by atoms with Crippen LogP contribution in [0.25, 0.3) is 6.08 Å². The van der Waals surface area contributed by atoms with Crippen LogP contribution in [0.4, 0.5) is 0 Å². The standard InChI is InChI=1S/C18H30S/c1-3-5-6-7-8-9-10-11-12-13-14-18-16-15-17(4-2)19-18/h4,15-16H,2-3,5-14H2,1H3. The van der Waals surface area contributed by atoms with Crippen LogP contribution in [0.2, 0.25) is 0 Å². The summed E-state index contributed by atoms with van der Waals surface area (Å²) in [5.41, 5.74) is 0. The van der Waals surface area contributed by atoms with Crippen molar-refractivity contribution in [3.8, 4) is 0 Å². The molecule has 1 heteroatoms. The second-order valence-electron chi connectivity index (χ2n) is 5.44. The molecule has 108 valence electrons. The molecule has 0 saturated carbocycles. The highest BCUT2D eigenvalue weighted by Crippen LogP contribution is 2.20. The van der Waals surface area contributed by atoms with Gasteiger partial charge in [-0.25, -0.2) is 0 Å². The van der Waals surface area contributed by atoms with E-state index in [4.69, 9.17) is 0 Å². The Hall–Kier alpha value is -0.560. The Morgan fingerprint density at radius 1 is 0.895 bits per heavy atom. The zero-order valence-electron chi connectivity index (χ0n) is 12.6. The third-order valence-corrected chi connectivity index (χ3v) is 4.80. The molecule has 0 unspecified atom stereocenters. The zero-order chi connectivity index (χ0) is 13.8. The van der Waals surface area contributed by atoms with Crippen LogP contribution in [0.3, 0.4) is 0 Å². The van der Waals surface area contributed by atoms with Gasteiger partial charge < -0.3 is 0 Å². The number of rotatable bonds is 12. The van der Waals surface area contributed by atoms with Crippen molar-refractivity contribution in [1.82, 2.24) is 0 Å². The molecule has 0 atom stereocenters.